The molecule has 0 aliphatic rings. The third-order valence-corrected chi connectivity index (χ3v) is 2.94. The van der Waals surface area contributed by atoms with Crippen molar-refractivity contribution in [3.63, 3.8) is 0 Å². The number of benzene rings is 2. The van der Waals surface area contributed by atoms with Gasteiger partial charge in [-0.1, -0.05) is 36.4 Å². The molecule has 0 aromatic heterocycles. The predicted octanol–water partition coefficient (Wildman–Crippen LogP) is 3.98. The molecule has 0 aliphatic carbocycles. The van der Waals surface area contributed by atoms with Crippen LogP contribution in [-0.2, 0) is 0 Å². The molecule has 0 fully saturated rings. The molecule has 0 spiro atoms. The van der Waals surface area contributed by atoms with Crippen molar-refractivity contribution in [3.8, 4) is 16.9 Å². The Morgan fingerprint density at radius 1 is 0.812 bits per heavy atom. The van der Waals surface area contributed by atoms with Crippen LogP contribution in [0.2, 0.25) is 0 Å². The Balaban J connectivity index is 2.61. The fourth-order valence-electron chi connectivity index (χ4n) is 2.00. The molecular formula is C15H16O. The molecule has 0 saturated heterocycles. The lowest BCUT2D eigenvalue weighted by atomic mass is 9.96. The molecule has 0 aliphatic heterocycles. The van der Waals surface area contributed by atoms with Crippen molar-refractivity contribution in [2.24, 2.45) is 0 Å². The Bertz CT molecular complexity index is 501. The molecule has 2 rings (SSSR count). The van der Waals surface area contributed by atoms with Crippen molar-refractivity contribution in [1.82, 2.24) is 0 Å². The van der Waals surface area contributed by atoms with Crippen molar-refractivity contribution >= 4 is 0 Å². The quantitative estimate of drug-likeness (QED) is 0.731. The van der Waals surface area contributed by atoms with E-state index in [9.17, 15) is 0 Å². The summed E-state index contributed by atoms with van der Waals surface area (Å²) in [4.78, 5) is 0. The summed E-state index contributed by atoms with van der Waals surface area (Å²) in [5, 5.41) is 0. The minimum absolute atomic E-state index is 0.945. The lowest BCUT2D eigenvalue weighted by Gasteiger charge is -2.12. The minimum atomic E-state index is 0.945. The first-order valence-corrected chi connectivity index (χ1v) is 5.43. The van der Waals surface area contributed by atoms with E-state index >= 15 is 0 Å². The van der Waals surface area contributed by atoms with Crippen LogP contribution in [-0.4, -0.2) is 7.11 Å². The summed E-state index contributed by atoms with van der Waals surface area (Å²) in [5.74, 6) is 0.945. The van der Waals surface area contributed by atoms with E-state index < -0.39 is 0 Å². The topological polar surface area (TPSA) is 9.23 Å². The van der Waals surface area contributed by atoms with E-state index in [-0.39, 0.29) is 0 Å². The summed E-state index contributed by atoms with van der Waals surface area (Å²) in [5.41, 5.74) is 5.01. The van der Waals surface area contributed by atoms with Crippen LogP contribution in [0.4, 0.5) is 0 Å². The average molecular weight is 212 g/mol. The molecule has 0 N–H and O–H groups in total. The van der Waals surface area contributed by atoms with Crippen LogP contribution in [0.15, 0.2) is 42.5 Å². The maximum Gasteiger partial charge on any atom is 0.122 e. The zero-order chi connectivity index (χ0) is 11.5. The zero-order valence-corrected chi connectivity index (χ0v) is 9.95. The lowest BCUT2D eigenvalue weighted by molar-refractivity contribution is 0.412. The van der Waals surface area contributed by atoms with Gasteiger partial charge in [-0.05, 0) is 42.2 Å². The standard InChI is InChI=1S/C15H16O/c1-11-7-4-5-8-13(11)14-9-6-10-15(16-3)12(14)2/h4-10H,1-3H3. The molecule has 2 aromatic rings. The highest BCUT2D eigenvalue weighted by molar-refractivity contribution is 5.72. The van der Waals surface area contributed by atoms with Crippen molar-refractivity contribution in [2.75, 3.05) is 7.11 Å². The normalized spacial score (nSPS) is 10.2. The molecule has 0 heterocycles. The van der Waals surface area contributed by atoms with E-state index in [0.29, 0.717) is 0 Å². The van der Waals surface area contributed by atoms with Crippen LogP contribution >= 0.6 is 0 Å². The fraction of sp³-hybridized carbons (Fsp3) is 0.200. The Kier molecular flexibility index (Phi) is 2.95. The van der Waals surface area contributed by atoms with Crippen molar-refractivity contribution in [3.05, 3.63) is 53.6 Å². The first-order chi connectivity index (χ1) is 7.74. The molecule has 16 heavy (non-hydrogen) atoms. The Morgan fingerprint density at radius 2 is 1.50 bits per heavy atom. The fourth-order valence-corrected chi connectivity index (χ4v) is 2.00. The van der Waals surface area contributed by atoms with Gasteiger partial charge in [0.05, 0.1) is 7.11 Å². The molecule has 0 bridgehead atoms. The number of ether oxygens (including phenoxy) is 1. The molecule has 82 valence electrons. The average Bonchev–Trinajstić information content (AvgIpc) is 2.31. The number of hydrogen-bond acceptors (Lipinski definition) is 1. The van der Waals surface area contributed by atoms with Gasteiger partial charge in [-0.3, -0.25) is 0 Å². The van der Waals surface area contributed by atoms with Gasteiger partial charge in [-0.2, -0.15) is 0 Å². The summed E-state index contributed by atoms with van der Waals surface area (Å²) < 4.78 is 5.35. The van der Waals surface area contributed by atoms with E-state index in [2.05, 4.69) is 44.2 Å². The van der Waals surface area contributed by atoms with Crippen LogP contribution in [0.3, 0.4) is 0 Å². The number of methoxy groups -OCH3 is 1. The second-order valence-corrected chi connectivity index (χ2v) is 3.95. The summed E-state index contributed by atoms with van der Waals surface area (Å²) in [6.07, 6.45) is 0. The van der Waals surface area contributed by atoms with Crippen molar-refractivity contribution < 1.29 is 4.74 Å². The molecule has 0 atom stereocenters. The van der Waals surface area contributed by atoms with Gasteiger partial charge in [0, 0.05) is 0 Å². The van der Waals surface area contributed by atoms with E-state index in [0.717, 1.165) is 5.75 Å². The number of rotatable bonds is 2. The summed E-state index contributed by atoms with van der Waals surface area (Å²) in [7, 11) is 1.71. The highest BCUT2D eigenvalue weighted by Crippen LogP contribution is 2.31. The summed E-state index contributed by atoms with van der Waals surface area (Å²) >= 11 is 0. The Hall–Kier alpha value is -1.76. The smallest absolute Gasteiger partial charge is 0.122 e. The Morgan fingerprint density at radius 3 is 2.19 bits per heavy atom. The number of hydrogen-bond donors (Lipinski definition) is 0. The summed E-state index contributed by atoms with van der Waals surface area (Å²) in [6.45, 7) is 4.23. The first-order valence-electron chi connectivity index (χ1n) is 5.43. The van der Waals surface area contributed by atoms with Gasteiger partial charge < -0.3 is 4.74 Å². The molecule has 2 aromatic carbocycles. The van der Waals surface area contributed by atoms with Gasteiger partial charge >= 0.3 is 0 Å². The molecule has 0 unspecified atom stereocenters. The Labute approximate surface area is 96.7 Å². The van der Waals surface area contributed by atoms with Gasteiger partial charge in [0.15, 0.2) is 0 Å². The SMILES string of the molecule is COc1cccc(-c2ccccc2C)c1C. The van der Waals surface area contributed by atoms with Crippen LogP contribution in [0, 0.1) is 13.8 Å². The first kappa shape index (κ1) is 10.7. The van der Waals surface area contributed by atoms with Gasteiger partial charge in [0.1, 0.15) is 5.75 Å². The minimum Gasteiger partial charge on any atom is -0.496 e. The van der Waals surface area contributed by atoms with Crippen molar-refractivity contribution in [2.45, 2.75) is 13.8 Å². The van der Waals surface area contributed by atoms with Gasteiger partial charge in [-0.25, -0.2) is 0 Å². The van der Waals surface area contributed by atoms with Gasteiger partial charge in [0.25, 0.3) is 0 Å². The van der Waals surface area contributed by atoms with E-state index in [1.54, 1.807) is 7.11 Å². The van der Waals surface area contributed by atoms with Crippen LogP contribution in [0.5, 0.6) is 5.75 Å². The highest BCUT2D eigenvalue weighted by atomic mass is 16.5. The maximum absolute atomic E-state index is 5.35. The van der Waals surface area contributed by atoms with Crippen LogP contribution < -0.4 is 4.74 Å². The maximum atomic E-state index is 5.35. The zero-order valence-electron chi connectivity index (χ0n) is 9.95. The molecule has 1 nitrogen and oxygen atoms in total. The molecule has 0 radical (unpaired) electrons. The second-order valence-electron chi connectivity index (χ2n) is 3.95. The third-order valence-electron chi connectivity index (χ3n) is 2.94. The predicted molar refractivity (Wildman–Crippen MR) is 67.9 cm³/mol. The second kappa shape index (κ2) is 4.40. The highest BCUT2D eigenvalue weighted by Gasteiger charge is 2.07. The third kappa shape index (κ3) is 1.81. The number of aryl methyl sites for hydroxylation is 1. The van der Waals surface area contributed by atoms with E-state index in [1.807, 2.05) is 12.1 Å². The van der Waals surface area contributed by atoms with Gasteiger partial charge in [-0.15, -0.1) is 0 Å². The molecule has 0 saturated carbocycles. The lowest BCUT2D eigenvalue weighted by Crippen LogP contribution is -1.91. The summed E-state index contributed by atoms with van der Waals surface area (Å²) in [6, 6.07) is 14.6. The van der Waals surface area contributed by atoms with Crippen molar-refractivity contribution in [1.29, 1.82) is 0 Å². The van der Waals surface area contributed by atoms with E-state index in [4.69, 9.17) is 4.74 Å². The van der Waals surface area contributed by atoms with Crippen LogP contribution in [0.25, 0.3) is 11.1 Å². The molecule has 1 heteroatoms. The largest absolute Gasteiger partial charge is 0.496 e. The monoisotopic (exact) mass is 212 g/mol. The van der Waals surface area contributed by atoms with Crippen LogP contribution in [0.1, 0.15) is 11.1 Å². The van der Waals surface area contributed by atoms with Gasteiger partial charge in [0.2, 0.25) is 0 Å². The molecular weight excluding hydrogens is 196 g/mol. The molecule has 0 amide bonds. The van der Waals surface area contributed by atoms with E-state index in [1.165, 1.54) is 22.3 Å².